The zero-order valence-corrected chi connectivity index (χ0v) is 12.9. The Kier molecular flexibility index (Phi) is 5.11. The Labute approximate surface area is 120 Å². The van der Waals surface area contributed by atoms with E-state index in [2.05, 4.69) is 20.1 Å². The summed E-state index contributed by atoms with van der Waals surface area (Å²) in [4.78, 5) is 6.54. The molecule has 1 aromatic heterocycles. The lowest BCUT2D eigenvalue weighted by atomic mass is 9.97. The van der Waals surface area contributed by atoms with Crippen molar-refractivity contribution in [1.29, 1.82) is 0 Å². The molecule has 1 fully saturated rings. The van der Waals surface area contributed by atoms with Crippen LogP contribution < -0.4 is 0 Å². The predicted octanol–water partition coefficient (Wildman–Crippen LogP) is 0.266. The van der Waals surface area contributed by atoms with Crippen LogP contribution in [0.2, 0.25) is 0 Å². The number of aromatic amines is 1. The highest BCUT2D eigenvalue weighted by molar-refractivity contribution is 7.89. The van der Waals surface area contributed by atoms with E-state index in [1.807, 2.05) is 0 Å². The normalized spacial score (nSPS) is 21.4. The van der Waals surface area contributed by atoms with Crippen molar-refractivity contribution < 1.29 is 8.42 Å². The van der Waals surface area contributed by atoms with E-state index < -0.39 is 10.0 Å². The molecule has 2 rings (SSSR count). The van der Waals surface area contributed by atoms with Crippen molar-refractivity contribution >= 4 is 10.0 Å². The Morgan fingerprint density at radius 3 is 2.95 bits per heavy atom. The SMILES string of the molecule is CN(C)S(=O)(=O)CCCN1CCCC(c2ncn[nH]2)C1. The molecule has 114 valence electrons. The van der Waals surface area contributed by atoms with Crippen molar-refractivity contribution in [2.24, 2.45) is 0 Å². The van der Waals surface area contributed by atoms with Gasteiger partial charge >= 0.3 is 0 Å². The van der Waals surface area contributed by atoms with Gasteiger partial charge in [-0.15, -0.1) is 0 Å². The Balaban J connectivity index is 1.79. The van der Waals surface area contributed by atoms with Crippen LogP contribution in [0.15, 0.2) is 6.33 Å². The zero-order valence-electron chi connectivity index (χ0n) is 12.1. The molecule has 20 heavy (non-hydrogen) atoms. The fourth-order valence-corrected chi connectivity index (χ4v) is 3.41. The molecule has 1 atom stereocenters. The minimum atomic E-state index is -3.08. The number of rotatable bonds is 6. The number of sulfonamides is 1. The smallest absolute Gasteiger partial charge is 0.213 e. The van der Waals surface area contributed by atoms with Gasteiger partial charge in [-0.05, 0) is 32.4 Å². The molecule has 0 aromatic carbocycles. The first kappa shape index (κ1) is 15.4. The van der Waals surface area contributed by atoms with Gasteiger partial charge in [-0.2, -0.15) is 5.10 Å². The van der Waals surface area contributed by atoms with Gasteiger partial charge in [0.25, 0.3) is 0 Å². The van der Waals surface area contributed by atoms with E-state index in [-0.39, 0.29) is 5.75 Å². The molecule has 1 aliphatic rings. The Bertz CT molecular complexity index is 500. The molecule has 0 amide bonds. The molecule has 0 radical (unpaired) electrons. The third kappa shape index (κ3) is 4.00. The summed E-state index contributed by atoms with van der Waals surface area (Å²) in [6.07, 6.45) is 4.44. The summed E-state index contributed by atoms with van der Waals surface area (Å²) in [5, 5.41) is 6.83. The number of aromatic nitrogens is 3. The van der Waals surface area contributed by atoms with Gasteiger partial charge in [0.05, 0.1) is 5.75 Å². The summed E-state index contributed by atoms with van der Waals surface area (Å²) in [6, 6.07) is 0. The molecule has 1 unspecified atom stereocenters. The van der Waals surface area contributed by atoms with Crippen molar-refractivity contribution in [2.75, 3.05) is 39.5 Å². The third-order valence-corrected chi connectivity index (χ3v) is 5.68. The Morgan fingerprint density at radius 1 is 1.50 bits per heavy atom. The van der Waals surface area contributed by atoms with E-state index in [1.54, 1.807) is 14.1 Å². The quantitative estimate of drug-likeness (QED) is 0.815. The number of hydrogen-bond donors (Lipinski definition) is 1. The van der Waals surface area contributed by atoms with Crippen LogP contribution in [0.25, 0.3) is 0 Å². The predicted molar refractivity (Wildman–Crippen MR) is 76.9 cm³/mol. The molecule has 2 heterocycles. The lowest BCUT2D eigenvalue weighted by Crippen LogP contribution is -2.36. The molecule has 0 bridgehead atoms. The summed E-state index contributed by atoms with van der Waals surface area (Å²) in [5.74, 6) is 1.54. The summed E-state index contributed by atoms with van der Waals surface area (Å²) >= 11 is 0. The molecular weight excluding hydrogens is 278 g/mol. The Morgan fingerprint density at radius 2 is 2.30 bits per heavy atom. The molecule has 1 aliphatic heterocycles. The van der Waals surface area contributed by atoms with Crippen molar-refractivity contribution in [3.05, 3.63) is 12.2 Å². The maximum atomic E-state index is 11.7. The fourth-order valence-electron chi connectivity index (χ4n) is 2.55. The highest BCUT2D eigenvalue weighted by atomic mass is 32.2. The number of hydrogen-bond acceptors (Lipinski definition) is 5. The molecular formula is C12H23N5O2S. The number of nitrogens with zero attached hydrogens (tertiary/aromatic N) is 4. The van der Waals surface area contributed by atoms with Crippen LogP contribution in [0, 0.1) is 0 Å². The molecule has 0 saturated carbocycles. The molecule has 8 heteroatoms. The van der Waals surface area contributed by atoms with Crippen molar-refractivity contribution in [3.8, 4) is 0 Å². The van der Waals surface area contributed by atoms with E-state index in [4.69, 9.17) is 0 Å². The van der Waals surface area contributed by atoms with Gasteiger partial charge in [0, 0.05) is 26.6 Å². The topological polar surface area (TPSA) is 82.2 Å². The largest absolute Gasteiger partial charge is 0.303 e. The summed E-state index contributed by atoms with van der Waals surface area (Å²) in [5.41, 5.74) is 0. The number of piperidine rings is 1. The second kappa shape index (κ2) is 6.64. The lowest BCUT2D eigenvalue weighted by molar-refractivity contribution is 0.205. The van der Waals surface area contributed by atoms with E-state index in [1.165, 1.54) is 10.6 Å². The maximum Gasteiger partial charge on any atom is 0.213 e. The van der Waals surface area contributed by atoms with Crippen LogP contribution in [0.1, 0.15) is 31.0 Å². The zero-order chi connectivity index (χ0) is 14.6. The molecule has 0 aliphatic carbocycles. The Hall–Kier alpha value is -0.990. The van der Waals surface area contributed by atoms with Crippen molar-refractivity contribution in [1.82, 2.24) is 24.4 Å². The van der Waals surface area contributed by atoms with E-state index >= 15 is 0 Å². The third-order valence-electron chi connectivity index (χ3n) is 3.76. The number of H-pyrrole nitrogens is 1. The molecule has 7 nitrogen and oxygen atoms in total. The van der Waals surface area contributed by atoms with Gasteiger partial charge in [0.15, 0.2) is 0 Å². The van der Waals surface area contributed by atoms with Crippen LogP contribution in [-0.4, -0.2) is 72.3 Å². The average molecular weight is 301 g/mol. The van der Waals surface area contributed by atoms with Crippen LogP contribution in [0.3, 0.4) is 0 Å². The summed E-state index contributed by atoms with van der Waals surface area (Å²) in [7, 11) is 0.0815. The van der Waals surface area contributed by atoms with Crippen LogP contribution in [-0.2, 0) is 10.0 Å². The fraction of sp³-hybridized carbons (Fsp3) is 0.833. The van der Waals surface area contributed by atoms with Gasteiger partial charge in [-0.3, -0.25) is 5.10 Å². The molecule has 1 N–H and O–H groups in total. The van der Waals surface area contributed by atoms with Gasteiger partial charge in [-0.25, -0.2) is 17.7 Å². The van der Waals surface area contributed by atoms with Crippen molar-refractivity contribution in [2.45, 2.75) is 25.2 Å². The first-order valence-corrected chi connectivity index (χ1v) is 8.58. The molecule has 0 spiro atoms. The van der Waals surface area contributed by atoms with E-state index in [0.29, 0.717) is 12.3 Å². The standard InChI is InChI=1S/C12H23N5O2S/c1-16(2)20(18,19)8-4-7-17-6-3-5-11(9-17)12-13-10-14-15-12/h10-11H,3-9H2,1-2H3,(H,13,14,15). The number of likely N-dealkylation sites (tertiary alicyclic amines) is 1. The molecule has 1 saturated heterocycles. The minimum absolute atomic E-state index is 0.212. The van der Waals surface area contributed by atoms with Gasteiger partial charge < -0.3 is 4.90 Å². The minimum Gasteiger partial charge on any atom is -0.303 e. The van der Waals surface area contributed by atoms with Gasteiger partial charge in [0.2, 0.25) is 10.0 Å². The van der Waals surface area contributed by atoms with E-state index in [9.17, 15) is 8.42 Å². The van der Waals surface area contributed by atoms with Crippen molar-refractivity contribution in [3.63, 3.8) is 0 Å². The highest BCUT2D eigenvalue weighted by Crippen LogP contribution is 2.23. The van der Waals surface area contributed by atoms with Crippen LogP contribution in [0.4, 0.5) is 0 Å². The second-order valence-corrected chi connectivity index (χ2v) is 7.76. The lowest BCUT2D eigenvalue weighted by Gasteiger charge is -2.31. The summed E-state index contributed by atoms with van der Waals surface area (Å²) in [6.45, 7) is 2.78. The number of nitrogens with one attached hydrogen (secondary N) is 1. The van der Waals surface area contributed by atoms with Gasteiger partial charge in [-0.1, -0.05) is 0 Å². The molecule has 1 aromatic rings. The highest BCUT2D eigenvalue weighted by Gasteiger charge is 2.23. The average Bonchev–Trinajstić information content (AvgIpc) is 2.92. The van der Waals surface area contributed by atoms with Crippen LogP contribution in [0.5, 0.6) is 0 Å². The van der Waals surface area contributed by atoms with Gasteiger partial charge in [0.1, 0.15) is 12.2 Å². The monoisotopic (exact) mass is 301 g/mol. The van der Waals surface area contributed by atoms with E-state index in [0.717, 1.165) is 38.3 Å². The van der Waals surface area contributed by atoms with Crippen LogP contribution >= 0.6 is 0 Å². The first-order valence-electron chi connectivity index (χ1n) is 6.97. The first-order chi connectivity index (χ1) is 9.49. The second-order valence-electron chi connectivity index (χ2n) is 5.46. The summed E-state index contributed by atoms with van der Waals surface area (Å²) < 4.78 is 24.7. The maximum absolute atomic E-state index is 11.7.